The second kappa shape index (κ2) is 13.9. The molecule has 10 rings (SSSR count). The average molecular weight is 707 g/mol. The van der Waals surface area contributed by atoms with Crippen molar-refractivity contribution in [1.29, 1.82) is 0 Å². The van der Waals surface area contributed by atoms with Gasteiger partial charge in [-0.2, -0.15) is 0 Å². The van der Waals surface area contributed by atoms with Crippen LogP contribution in [0.2, 0.25) is 0 Å². The van der Waals surface area contributed by atoms with E-state index in [2.05, 4.69) is 132 Å². The molecule has 0 amide bonds. The Morgan fingerprint density at radius 2 is 1.04 bits per heavy atom. The van der Waals surface area contributed by atoms with E-state index in [1.54, 1.807) is 0 Å². The molecule has 1 aliphatic carbocycles. The van der Waals surface area contributed by atoms with Crippen molar-refractivity contribution < 1.29 is 0 Å². The third-order valence-electron chi connectivity index (χ3n) is 10.2. The van der Waals surface area contributed by atoms with Crippen LogP contribution in [-0.4, -0.2) is 29.5 Å². The van der Waals surface area contributed by atoms with Crippen LogP contribution in [0.1, 0.15) is 18.2 Å². The lowest BCUT2D eigenvalue weighted by atomic mass is 9.98. The van der Waals surface area contributed by atoms with E-state index >= 15 is 0 Å². The van der Waals surface area contributed by atoms with E-state index in [4.69, 9.17) is 24.9 Å². The van der Waals surface area contributed by atoms with E-state index in [0.717, 1.165) is 78.9 Å². The highest BCUT2D eigenvalue weighted by atomic mass is 15.1. The Bertz CT molecular complexity index is 2880. The Kier molecular flexibility index (Phi) is 8.18. The summed E-state index contributed by atoms with van der Waals surface area (Å²) in [5, 5.41) is 2.08. The van der Waals surface area contributed by atoms with Gasteiger partial charge < -0.3 is 0 Å². The molecule has 0 N–H and O–H groups in total. The van der Waals surface area contributed by atoms with E-state index in [1.165, 1.54) is 0 Å². The van der Waals surface area contributed by atoms with E-state index in [-0.39, 0.29) is 5.92 Å². The number of para-hydroxylation sites is 1. The van der Waals surface area contributed by atoms with Gasteiger partial charge in [0, 0.05) is 39.2 Å². The minimum absolute atomic E-state index is 0.0881. The quantitative estimate of drug-likeness (QED) is 0.165. The van der Waals surface area contributed by atoms with Crippen molar-refractivity contribution in [3.05, 3.63) is 194 Å². The molecule has 0 saturated carbocycles. The molecule has 9 aromatic rings. The minimum atomic E-state index is 0.0881. The summed E-state index contributed by atoms with van der Waals surface area (Å²) in [6.45, 7) is 0. The standard InChI is InChI=1S/C49H34N6/c1-6-17-33(18-7-1)44-43-41-32-38(29-30-42(41)55(40-27-14-5-15-28-40)49(43)54-45(50-44)34-19-8-2-9-20-34)37-25-16-26-39(31-37)48-52-46(35-21-10-3-11-22-35)51-47(53-48)36-23-12-4-13-24-36/h1-23,25-32,36H,24H2. The lowest BCUT2D eigenvalue weighted by molar-refractivity contribution is 0.764. The molecule has 6 heteroatoms. The summed E-state index contributed by atoms with van der Waals surface area (Å²) in [6, 6.07) is 56.4. The fraction of sp³-hybridized carbons (Fsp3) is 0.0408. The molecule has 0 radical (unpaired) electrons. The number of allylic oxidation sites excluding steroid dienone is 4. The van der Waals surface area contributed by atoms with Crippen LogP contribution >= 0.6 is 0 Å². The number of rotatable bonds is 7. The Balaban J connectivity index is 1.17. The topological polar surface area (TPSA) is 69.4 Å². The zero-order chi connectivity index (χ0) is 36.6. The summed E-state index contributed by atoms with van der Waals surface area (Å²) in [4.78, 5) is 25.6. The summed E-state index contributed by atoms with van der Waals surface area (Å²) < 4.78 is 2.26. The summed E-state index contributed by atoms with van der Waals surface area (Å²) in [5.74, 6) is 2.88. The Morgan fingerprint density at radius 3 is 1.71 bits per heavy atom. The maximum atomic E-state index is 5.30. The van der Waals surface area contributed by atoms with Gasteiger partial charge in [0.2, 0.25) is 0 Å². The van der Waals surface area contributed by atoms with Crippen molar-refractivity contribution in [2.24, 2.45) is 0 Å². The molecule has 0 bridgehead atoms. The predicted octanol–water partition coefficient (Wildman–Crippen LogP) is 11.7. The molecular formula is C49H34N6. The average Bonchev–Trinajstić information content (AvgIpc) is 3.61. The van der Waals surface area contributed by atoms with E-state index in [9.17, 15) is 0 Å². The normalized spacial score (nSPS) is 13.8. The van der Waals surface area contributed by atoms with Gasteiger partial charge in [0.25, 0.3) is 0 Å². The van der Waals surface area contributed by atoms with Crippen LogP contribution in [0.4, 0.5) is 0 Å². The van der Waals surface area contributed by atoms with Crippen LogP contribution in [0.15, 0.2) is 188 Å². The summed E-state index contributed by atoms with van der Waals surface area (Å²) in [6.07, 6.45) is 9.33. The van der Waals surface area contributed by atoms with Crippen molar-refractivity contribution in [1.82, 2.24) is 29.5 Å². The SMILES string of the molecule is C1=CCC(c2nc(-c3ccccc3)nc(-c3cccc(-c4ccc5c(c4)c4c(-c6ccccc6)nc(-c6ccccc6)nc4n5-c4ccccc4)c3)n2)C=C1. The molecule has 1 unspecified atom stereocenters. The van der Waals surface area contributed by atoms with Crippen LogP contribution in [-0.2, 0) is 0 Å². The van der Waals surface area contributed by atoms with Crippen molar-refractivity contribution in [3.8, 4) is 62.2 Å². The molecule has 260 valence electrons. The Hall–Kier alpha value is -7.31. The first-order valence-electron chi connectivity index (χ1n) is 18.5. The van der Waals surface area contributed by atoms with Gasteiger partial charge in [0.1, 0.15) is 11.5 Å². The van der Waals surface area contributed by atoms with Crippen LogP contribution < -0.4 is 0 Å². The van der Waals surface area contributed by atoms with E-state index in [0.29, 0.717) is 17.5 Å². The largest absolute Gasteiger partial charge is 0.294 e. The minimum Gasteiger partial charge on any atom is -0.294 e. The van der Waals surface area contributed by atoms with Crippen molar-refractivity contribution in [2.45, 2.75) is 12.3 Å². The third-order valence-corrected chi connectivity index (χ3v) is 10.2. The maximum Gasteiger partial charge on any atom is 0.163 e. The first kappa shape index (κ1) is 32.3. The lowest BCUT2D eigenvalue weighted by Crippen LogP contribution is -2.07. The van der Waals surface area contributed by atoms with E-state index < -0.39 is 0 Å². The van der Waals surface area contributed by atoms with E-state index in [1.807, 2.05) is 60.7 Å². The maximum absolute atomic E-state index is 5.30. The molecular weight excluding hydrogens is 673 g/mol. The van der Waals surface area contributed by atoms with Crippen molar-refractivity contribution >= 4 is 21.9 Å². The highest BCUT2D eigenvalue weighted by Gasteiger charge is 2.22. The molecule has 0 saturated heterocycles. The third kappa shape index (κ3) is 6.10. The molecule has 0 fully saturated rings. The van der Waals surface area contributed by atoms with Gasteiger partial charge in [-0.3, -0.25) is 4.57 Å². The highest BCUT2D eigenvalue weighted by Crippen LogP contribution is 2.40. The summed E-state index contributed by atoms with van der Waals surface area (Å²) in [7, 11) is 0. The second-order valence-electron chi connectivity index (χ2n) is 13.7. The first-order chi connectivity index (χ1) is 27.3. The van der Waals surface area contributed by atoms with Gasteiger partial charge >= 0.3 is 0 Å². The van der Waals surface area contributed by atoms with Crippen LogP contribution in [0, 0.1) is 0 Å². The van der Waals surface area contributed by atoms with Gasteiger partial charge in [-0.1, -0.05) is 158 Å². The van der Waals surface area contributed by atoms with Gasteiger partial charge in [-0.15, -0.1) is 0 Å². The molecule has 1 aliphatic rings. The number of hydrogen-bond donors (Lipinski definition) is 0. The molecule has 1 atom stereocenters. The predicted molar refractivity (Wildman–Crippen MR) is 223 cm³/mol. The molecule has 3 heterocycles. The highest BCUT2D eigenvalue weighted by molar-refractivity contribution is 6.15. The Morgan fingerprint density at radius 1 is 0.455 bits per heavy atom. The Labute approximate surface area is 318 Å². The van der Waals surface area contributed by atoms with Gasteiger partial charge in [-0.25, -0.2) is 24.9 Å². The summed E-state index contributed by atoms with van der Waals surface area (Å²) in [5.41, 5.74) is 9.89. The number of nitrogens with zero attached hydrogens (tertiary/aromatic N) is 6. The molecule has 6 aromatic carbocycles. The van der Waals surface area contributed by atoms with Crippen molar-refractivity contribution in [3.63, 3.8) is 0 Å². The number of fused-ring (bicyclic) bond motifs is 3. The lowest BCUT2D eigenvalue weighted by Gasteiger charge is -2.14. The first-order valence-corrected chi connectivity index (χ1v) is 18.5. The molecule has 0 aliphatic heterocycles. The van der Waals surface area contributed by atoms with Crippen molar-refractivity contribution in [2.75, 3.05) is 0 Å². The molecule has 55 heavy (non-hydrogen) atoms. The number of benzene rings is 6. The van der Waals surface area contributed by atoms with Crippen LogP contribution in [0.5, 0.6) is 0 Å². The summed E-state index contributed by atoms with van der Waals surface area (Å²) >= 11 is 0. The number of aromatic nitrogens is 6. The molecule has 3 aromatic heterocycles. The van der Waals surface area contributed by atoms with Gasteiger partial charge in [-0.05, 0) is 47.9 Å². The second-order valence-corrected chi connectivity index (χ2v) is 13.7. The number of hydrogen-bond acceptors (Lipinski definition) is 5. The van der Waals surface area contributed by atoms with Crippen LogP contribution in [0.25, 0.3) is 84.2 Å². The fourth-order valence-electron chi connectivity index (χ4n) is 7.46. The van der Waals surface area contributed by atoms with Gasteiger partial charge in [0.15, 0.2) is 17.5 Å². The smallest absolute Gasteiger partial charge is 0.163 e. The van der Waals surface area contributed by atoms with Gasteiger partial charge in [0.05, 0.1) is 16.6 Å². The zero-order valence-electron chi connectivity index (χ0n) is 29.9. The monoisotopic (exact) mass is 706 g/mol. The fourth-order valence-corrected chi connectivity index (χ4v) is 7.46. The zero-order valence-corrected chi connectivity index (χ0v) is 29.9. The molecule has 6 nitrogen and oxygen atoms in total. The van der Waals surface area contributed by atoms with Crippen LogP contribution in [0.3, 0.4) is 0 Å². The molecule has 0 spiro atoms.